The standard InChI is InChI=1S/C7H9N5OS/c8-7-10-5-4(6(14)11-7)12(1-2-13)3-9-5/h3,13H,1-2H2,(H3,8,10,11,14). The SMILES string of the molecule is Nc1nc(=S)c2c(ncn2CCO)[nH]1. The van der Waals surface area contributed by atoms with Gasteiger partial charge in [0.25, 0.3) is 0 Å². The molecular weight excluding hydrogens is 202 g/mol. The Hall–Kier alpha value is -1.47. The molecule has 6 nitrogen and oxygen atoms in total. The van der Waals surface area contributed by atoms with Gasteiger partial charge in [-0.1, -0.05) is 12.2 Å². The first kappa shape index (κ1) is 9.10. The zero-order valence-electron chi connectivity index (χ0n) is 7.27. The molecule has 0 fully saturated rings. The van der Waals surface area contributed by atoms with Gasteiger partial charge in [0.2, 0.25) is 5.95 Å². The predicted molar refractivity (Wildman–Crippen MR) is 54.2 cm³/mol. The van der Waals surface area contributed by atoms with Crippen LogP contribution in [0.5, 0.6) is 0 Å². The van der Waals surface area contributed by atoms with Gasteiger partial charge in [0.05, 0.1) is 12.9 Å². The van der Waals surface area contributed by atoms with Gasteiger partial charge in [0, 0.05) is 6.54 Å². The van der Waals surface area contributed by atoms with Crippen molar-refractivity contribution < 1.29 is 5.11 Å². The molecule has 2 aromatic rings. The molecule has 7 heteroatoms. The maximum atomic E-state index is 8.81. The summed E-state index contributed by atoms with van der Waals surface area (Å²) in [6.45, 7) is 0.476. The maximum absolute atomic E-state index is 8.81. The highest BCUT2D eigenvalue weighted by Crippen LogP contribution is 2.11. The van der Waals surface area contributed by atoms with Crippen LogP contribution >= 0.6 is 12.2 Å². The Morgan fingerprint density at radius 2 is 2.43 bits per heavy atom. The number of aliphatic hydroxyl groups excluding tert-OH is 1. The Kier molecular flexibility index (Phi) is 2.18. The molecule has 0 radical (unpaired) electrons. The normalized spacial score (nSPS) is 10.9. The molecule has 0 amide bonds. The second-order valence-corrected chi connectivity index (χ2v) is 3.17. The lowest BCUT2D eigenvalue weighted by Gasteiger charge is -2.00. The van der Waals surface area contributed by atoms with E-state index >= 15 is 0 Å². The summed E-state index contributed by atoms with van der Waals surface area (Å²) in [6.07, 6.45) is 1.59. The van der Waals surface area contributed by atoms with E-state index in [9.17, 15) is 0 Å². The number of fused-ring (bicyclic) bond motifs is 1. The number of anilines is 1. The number of hydrogen-bond donors (Lipinski definition) is 3. The van der Waals surface area contributed by atoms with Crippen molar-refractivity contribution in [2.45, 2.75) is 6.54 Å². The molecule has 0 aliphatic rings. The first-order valence-corrected chi connectivity index (χ1v) is 4.44. The minimum atomic E-state index is 0.0324. The molecule has 0 aliphatic heterocycles. The van der Waals surface area contributed by atoms with Crippen molar-refractivity contribution in [3.63, 3.8) is 0 Å². The quantitative estimate of drug-likeness (QED) is 0.611. The van der Waals surface area contributed by atoms with Gasteiger partial charge in [0.15, 0.2) is 10.3 Å². The van der Waals surface area contributed by atoms with Crippen LogP contribution in [-0.2, 0) is 6.54 Å². The number of nitrogens with two attached hydrogens (primary N) is 1. The second kappa shape index (κ2) is 3.35. The predicted octanol–water partition coefficient (Wildman–Crippen LogP) is 0.0634. The number of H-pyrrole nitrogens is 1. The molecule has 0 unspecified atom stereocenters. The Bertz CT molecular complexity index is 516. The number of hydrogen-bond acceptors (Lipinski definition) is 5. The van der Waals surface area contributed by atoms with Gasteiger partial charge in [-0.05, 0) is 0 Å². The van der Waals surface area contributed by atoms with Crippen molar-refractivity contribution in [3.05, 3.63) is 11.0 Å². The molecule has 0 saturated heterocycles. The first-order valence-electron chi connectivity index (χ1n) is 4.04. The van der Waals surface area contributed by atoms with Crippen molar-refractivity contribution in [2.24, 2.45) is 0 Å². The zero-order valence-corrected chi connectivity index (χ0v) is 8.08. The molecule has 0 bridgehead atoms. The number of aromatic nitrogens is 4. The number of imidazole rings is 1. The van der Waals surface area contributed by atoms with Crippen LogP contribution < -0.4 is 5.73 Å². The molecule has 2 heterocycles. The molecule has 0 saturated carbocycles. The lowest BCUT2D eigenvalue weighted by atomic mass is 10.5. The summed E-state index contributed by atoms with van der Waals surface area (Å²) in [4.78, 5) is 10.8. The molecule has 2 rings (SSSR count). The fraction of sp³-hybridized carbons (Fsp3) is 0.286. The summed E-state index contributed by atoms with van der Waals surface area (Å²) in [5.74, 6) is 0.247. The lowest BCUT2D eigenvalue weighted by molar-refractivity contribution is 0.277. The lowest BCUT2D eigenvalue weighted by Crippen LogP contribution is -2.02. The summed E-state index contributed by atoms with van der Waals surface area (Å²) in [5.41, 5.74) is 6.77. The fourth-order valence-electron chi connectivity index (χ4n) is 1.29. The van der Waals surface area contributed by atoms with Crippen LogP contribution in [0, 0.1) is 4.64 Å². The fourth-order valence-corrected chi connectivity index (χ4v) is 1.60. The van der Waals surface area contributed by atoms with Gasteiger partial charge >= 0.3 is 0 Å². The number of nitrogens with zero attached hydrogens (tertiary/aromatic N) is 3. The minimum absolute atomic E-state index is 0.0324. The summed E-state index contributed by atoms with van der Waals surface area (Å²) in [7, 11) is 0. The van der Waals surface area contributed by atoms with Crippen molar-refractivity contribution in [3.8, 4) is 0 Å². The van der Waals surface area contributed by atoms with Crippen LogP contribution in [-0.4, -0.2) is 31.2 Å². The van der Waals surface area contributed by atoms with Gasteiger partial charge in [-0.2, -0.15) is 0 Å². The third-order valence-corrected chi connectivity index (χ3v) is 2.13. The Morgan fingerprint density at radius 3 is 3.14 bits per heavy atom. The van der Waals surface area contributed by atoms with E-state index in [1.807, 2.05) is 0 Å². The molecule has 74 valence electrons. The van der Waals surface area contributed by atoms with Gasteiger partial charge in [-0.3, -0.25) is 0 Å². The smallest absolute Gasteiger partial charge is 0.200 e. The van der Waals surface area contributed by atoms with Gasteiger partial charge < -0.3 is 20.4 Å². The second-order valence-electron chi connectivity index (χ2n) is 2.79. The van der Waals surface area contributed by atoms with E-state index < -0.39 is 0 Å². The summed E-state index contributed by atoms with van der Waals surface area (Å²) < 4.78 is 2.13. The van der Waals surface area contributed by atoms with Gasteiger partial charge in [-0.15, -0.1) is 0 Å². The van der Waals surface area contributed by atoms with Crippen LogP contribution in [0.25, 0.3) is 11.2 Å². The van der Waals surface area contributed by atoms with E-state index in [4.69, 9.17) is 23.1 Å². The van der Waals surface area contributed by atoms with E-state index in [1.54, 1.807) is 10.9 Å². The van der Waals surface area contributed by atoms with E-state index in [-0.39, 0.29) is 12.6 Å². The number of nitrogen functional groups attached to an aromatic ring is 1. The summed E-state index contributed by atoms with van der Waals surface area (Å²) in [6, 6.07) is 0. The largest absolute Gasteiger partial charge is 0.395 e. The number of nitrogens with one attached hydrogen (secondary N) is 1. The molecule has 14 heavy (non-hydrogen) atoms. The third-order valence-electron chi connectivity index (χ3n) is 1.85. The van der Waals surface area contributed by atoms with Crippen LogP contribution in [0.4, 0.5) is 5.95 Å². The Morgan fingerprint density at radius 1 is 1.64 bits per heavy atom. The van der Waals surface area contributed by atoms with Gasteiger partial charge in [0.1, 0.15) is 5.52 Å². The monoisotopic (exact) mass is 211 g/mol. The topological polar surface area (TPSA) is 92.8 Å². The van der Waals surface area contributed by atoms with Crippen molar-refractivity contribution in [1.29, 1.82) is 0 Å². The zero-order chi connectivity index (χ0) is 10.1. The third kappa shape index (κ3) is 1.36. The van der Waals surface area contributed by atoms with Crippen LogP contribution in [0.2, 0.25) is 0 Å². The Labute approximate surface area is 84.4 Å². The van der Waals surface area contributed by atoms with Crippen LogP contribution in [0.15, 0.2) is 6.33 Å². The highest BCUT2D eigenvalue weighted by Gasteiger charge is 2.05. The number of rotatable bonds is 2. The average molecular weight is 211 g/mol. The van der Waals surface area contributed by atoms with Crippen molar-refractivity contribution in [2.75, 3.05) is 12.3 Å². The molecular formula is C7H9N5OS. The van der Waals surface area contributed by atoms with E-state index in [1.165, 1.54) is 0 Å². The van der Waals surface area contributed by atoms with E-state index in [0.717, 1.165) is 0 Å². The molecule has 0 aromatic carbocycles. The maximum Gasteiger partial charge on any atom is 0.200 e. The highest BCUT2D eigenvalue weighted by molar-refractivity contribution is 7.71. The average Bonchev–Trinajstić information content (AvgIpc) is 2.49. The number of aliphatic hydroxyl groups is 1. The van der Waals surface area contributed by atoms with Crippen molar-refractivity contribution in [1.82, 2.24) is 19.5 Å². The molecule has 0 atom stereocenters. The minimum Gasteiger partial charge on any atom is -0.395 e. The number of aromatic amines is 1. The van der Waals surface area contributed by atoms with Gasteiger partial charge in [-0.25, -0.2) is 9.97 Å². The molecule has 2 aromatic heterocycles. The van der Waals surface area contributed by atoms with Crippen molar-refractivity contribution >= 4 is 29.3 Å². The van der Waals surface area contributed by atoms with E-state index in [2.05, 4.69) is 15.0 Å². The van der Waals surface area contributed by atoms with Crippen LogP contribution in [0.1, 0.15) is 0 Å². The molecule has 0 aliphatic carbocycles. The molecule has 4 N–H and O–H groups in total. The van der Waals surface area contributed by atoms with E-state index in [0.29, 0.717) is 22.3 Å². The first-order chi connectivity index (χ1) is 6.72. The Balaban J connectivity index is 2.73. The summed E-state index contributed by atoms with van der Waals surface area (Å²) in [5, 5.41) is 8.81. The summed E-state index contributed by atoms with van der Waals surface area (Å²) >= 11 is 5.04. The highest BCUT2D eigenvalue weighted by atomic mass is 32.1. The van der Waals surface area contributed by atoms with Crippen LogP contribution in [0.3, 0.4) is 0 Å². The molecule has 0 spiro atoms.